The summed E-state index contributed by atoms with van der Waals surface area (Å²) >= 11 is 0. The standard InChI is InChI=1S/C11H11N/c1-2-4-10-9(3-1)7-12-11(10)8-5-6-8/h1-4,7-8,12H,5-6H2. The molecule has 1 fully saturated rings. The van der Waals surface area contributed by atoms with Crippen molar-refractivity contribution >= 4 is 10.8 Å². The number of hydrogen-bond acceptors (Lipinski definition) is 0. The topological polar surface area (TPSA) is 15.8 Å². The predicted octanol–water partition coefficient (Wildman–Crippen LogP) is 3.05. The Morgan fingerprint density at radius 3 is 2.83 bits per heavy atom. The van der Waals surface area contributed by atoms with E-state index < -0.39 is 0 Å². The van der Waals surface area contributed by atoms with Crippen LogP contribution in [0, 0.1) is 0 Å². The molecule has 1 saturated carbocycles. The Kier molecular flexibility index (Phi) is 1.12. The maximum Gasteiger partial charge on any atom is 0.0258 e. The monoisotopic (exact) mass is 157 g/mol. The summed E-state index contributed by atoms with van der Waals surface area (Å²) in [5.74, 6) is 0.824. The molecule has 0 radical (unpaired) electrons. The molecule has 12 heavy (non-hydrogen) atoms. The third-order valence-corrected chi connectivity index (χ3v) is 2.62. The van der Waals surface area contributed by atoms with Crippen LogP contribution in [0.3, 0.4) is 0 Å². The molecular weight excluding hydrogens is 146 g/mol. The van der Waals surface area contributed by atoms with Crippen LogP contribution >= 0.6 is 0 Å². The summed E-state index contributed by atoms with van der Waals surface area (Å²) in [6, 6.07) is 8.58. The minimum absolute atomic E-state index is 0.824. The van der Waals surface area contributed by atoms with Gasteiger partial charge in [-0.2, -0.15) is 0 Å². The van der Waals surface area contributed by atoms with Crippen molar-refractivity contribution in [2.24, 2.45) is 0 Å². The van der Waals surface area contributed by atoms with E-state index in [-0.39, 0.29) is 0 Å². The van der Waals surface area contributed by atoms with Gasteiger partial charge in [-0.05, 0) is 24.1 Å². The zero-order valence-corrected chi connectivity index (χ0v) is 6.88. The van der Waals surface area contributed by atoms with Gasteiger partial charge in [0.05, 0.1) is 0 Å². The molecule has 0 saturated heterocycles. The molecule has 1 heteroatoms. The highest BCUT2D eigenvalue weighted by Crippen LogP contribution is 2.42. The summed E-state index contributed by atoms with van der Waals surface area (Å²) in [6.45, 7) is 0. The molecule has 0 bridgehead atoms. The molecule has 3 rings (SSSR count). The van der Waals surface area contributed by atoms with Gasteiger partial charge in [-0.3, -0.25) is 0 Å². The maximum absolute atomic E-state index is 3.38. The molecule has 1 nitrogen and oxygen atoms in total. The lowest BCUT2D eigenvalue weighted by atomic mass is 10.1. The van der Waals surface area contributed by atoms with Gasteiger partial charge in [0, 0.05) is 17.3 Å². The van der Waals surface area contributed by atoms with Crippen molar-refractivity contribution in [2.45, 2.75) is 18.8 Å². The van der Waals surface area contributed by atoms with Gasteiger partial charge in [0.25, 0.3) is 0 Å². The smallest absolute Gasteiger partial charge is 0.0258 e. The number of nitrogens with one attached hydrogen (secondary N) is 1. The van der Waals surface area contributed by atoms with E-state index in [9.17, 15) is 0 Å². The molecule has 1 N–H and O–H groups in total. The molecule has 0 aliphatic heterocycles. The third-order valence-electron chi connectivity index (χ3n) is 2.62. The Morgan fingerprint density at radius 2 is 2.00 bits per heavy atom. The highest BCUT2D eigenvalue weighted by molar-refractivity contribution is 5.85. The zero-order chi connectivity index (χ0) is 7.97. The summed E-state index contributed by atoms with van der Waals surface area (Å²) in [4.78, 5) is 3.38. The molecule has 1 aliphatic rings. The van der Waals surface area contributed by atoms with Crippen molar-refractivity contribution < 1.29 is 0 Å². The van der Waals surface area contributed by atoms with E-state index in [0.717, 1.165) is 5.92 Å². The van der Waals surface area contributed by atoms with Crippen molar-refractivity contribution in [3.63, 3.8) is 0 Å². The van der Waals surface area contributed by atoms with Gasteiger partial charge in [0.2, 0.25) is 0 Å². The molecule has 1 heterocycles. The fourth-order valence-corrected chi connectivity index (χ4v) is 1.81. The fraction of sp³-hybridized carbons (Fsp3) is 0.273. The van der Waals surface area contributed by atoms with Gasteiger partial charge < -0.3 is 4.98 Å². The first-order chi connectivity index (χ1) is 5.95. The lowest BCUT2D eigenvalue weighted by Crippen LogP contribution is -1.77. The SMILES string of the molecule is c1ccc2c(C3CC3)[nH]cc2c1. The van der Waals surface area contributed by atoms with Crippen LogP contribution in [0.5, 0.6) is 0 Å². The van der Waals surface area contributed by atoms with Gasteiger partial charge in [0.15, 0.2) is 0 Å². The molecule has 0 atom stereocenters. The van der Waals surface area contributed by atoms with E-state index in [2.05, 4.69) is 35.4 Å². The predicted molar refractivity (Wildman–Crippen MR) is 50.3 cm³/mol. The highest BCUT2D eigenvalue weighted by atomic mass is 14.7. The Balaban J connectivity index is 2.30. The number of rotatable bonds is 1. The molecule has 0 spiro atoms. The average molecular weight is 157 g/mol. The Morgan fingerprint density at radius 1 is 1.17 bits per heavy atom. The van der Waals surface area contributed by atoms with Crippen LogP contribution < -0.4 is 0 Å². The second-order valence-corrected chi connectivity index (χ2v) is 3.56. The summed E-state index contributed by atoms with van der Waals surface area (Å²) in [5, 5.41) is 2.76. The van der Waals surface area contributed by atoms with Crippen molar-refractivity contribution in [3.8, 4) is 0 Å². The number of H-pyrrole nitrogens is 1. The first kappa shape index (κ1) is 6.30. The Labute approximate surface area is 71.4 Å². The lowest BCUT2D eigenvalue weighted by Gasteiger charge is -1.93. The van der Waals surface area contributed by atoms with Gasteiger partial charge in [-0.1, -0.05) is 24.3 Å². The van der Waals surface area contributed by atoms with Gasteiger partial charge >= 0.3 is 0 Å². The second-order valence-electron chi connectivity index (χ2n) is 3.56. The minimum Gasteiger partial charge on any atom is -0.364 e. The summed E-state index contributed by atoms with van der Waals surface area (Å²) in [5.41, 5.74) is 1.45. The lowest BCUT2D eigenvalue weighted by molar-refractivity contribution is 1.06. The number of aromatic amines is 1. The van der Waals surface area contributed by atoms with Crippen molar-refractivity contribution in [1.29, 1.82) is 0 Å². The molecule has 60 valence electrons. The minimum atomic E-state index is 0.824. The molecule has 1 aliphatic carbocycles. The van der Waals surface area contributed by atoms with Gasteiger partial charge in [0.1, 0.15) is 0 Å². The fourth-order valence-electron chi connectivity index (χ4n) is 1.81. The van der Waals surface area contributed by atoms with Gasteiger partial charge in [-0.15, -0.1) is 0 Å². The van der Waals surface area contributed by atoms with E-state index in [1.807, 2.05) is 0 Å². The van der Waals surface area contributed by atoms with Crippen LogP contribution in [0.2, 0.25) is 0 Å². The van der Waals surface area contributed by atoms with Crippen LogP contribution in [-0.2, 0) is 0 Å². The van der Waals surface area contributed by atoms with Crippen LogP contribution in [0.1, 0.15) is 24.5 Å². The molecular formula is C11H11N. The van der Waals surface area contributed by atoms with Crippen LogP contribution in [0.4, 0.5) is 0 Å². The van der Waals surface area contributed by atoms with Crippen LogP contribution in [0.25, 0.3) is 10.8 Å². The normalized spacial score (nSPS) is 17.0. The summed E-state index contributed by atoms with van der Waals surface area (Å²) in [7, 11) is 0. The zero-order valence-electron chi connectivity index (χ0n) is 6.88. The van der Waals surface area contributed by atoms with E-state index in [4.69, 9.17) is 0 Å². The first-order valence-corrected chi connectivity index (χ1v) is 4.51. The van der Waals surface area contributed by atoms with Crippen molar-refractivity contribution in [1.82, 2.24) is 4.98 Å². The van der Waals surface area contributed by atoms with Crippen molar-refractivity contribution in [2.75, 3.05) is 0 Å². The van der Waals surface area contributed by atoms with E-state index in [0.29, 0.717) is 0 Å². The van der Waals surface area contributed by atoms with Crippen LogP contribution in [-0.4, -0.2) is 4.98 Å². The Hall–Kier alpha value is -1.24. The van der Waals surface area contributed by atoms with Crippen molar-refractivity contribution in [3.05, 3.63) is 36.2 Å². The molecule has 0 amide bonds. The largest absolute Gasteiger partial charge is 0.364 e. The molecule has 1 aromatic carbocycles. The number of fused-ring (bicyclic) bond motifs is 1. The quantitative estimate of drug-likeness (QED) is 0.654. The summed E-state index contributed by atoms with van der Waals surface area (Å²) in [6.07, 6.45) is 4.85. The summed E-state index contributed by atoms with van der Waals surface area (Å²) < 4.78 is 0. The average Bonchev–Trinajstić information content (AvgIpc) is 2.86. The van der Waals surface area contributed by atoms with E-state index >= 15 is 0 Å². The number of hydrogen-bond donors (Lipinski definition) is 1. The first-order valence-electron chi connectivity index (χ1n) is 4.51. The van der Waals surface area contributed by atoms with Gasteiger partial charge in [-0.25, -0.2) is 0 Å². The maximum atomic E-state index is 3.38. The third kappa shape index (κ3) is 0.795. The number of aromatic nitrogens is 1. The van der Waals surface area contributed by atoms with E-state index in [1.54, 1.807) is 0 Å². The molecule has 0 unspecified atom stereocenters. The van der Waals surface area contributed by atoms with E-state index in [1.165, 1.54) is 29.3 Å². The van der Waals surface area contributed by atoms with Crippen LogP contribution in [0.15, 0.2) is 30.5 Å². The second kappa shape index (κ2) is 2.13. The number of benzene rings is 1. The Bertz CT molecular complexity index is 410. The molecule has 1 aromatic heterocycles. The molecule has 2 aromatic rings. The highest BCUT2D eigenvalue weighted by Gasteiger charge is 2.26.